The van der Waals surface area contributed by atoms with Crippen molar-refractivity contribution in [2.75, 3.05) is 6.54 Å². The summed E-state index contributed by atoms with van der Waals surface area (Å²) in [5.41, 5.74) is 1.78. The van der Waals surface area contributed by atoms with Crippen molar-refractivity contribution in [2.45, 2.75) is 6.42 Å². The largest absolute Gasteiger partial charge is 0.457 e. The number of thiophene rings is 1. The van der Waals surface area contributed by atoms with E-state index in [1.54, 1.807) is 23.5 Å². The van der Waals surface area contributed by atoms with Crippen LogP contribution in [0.5, 0.6) is 11.5 Å². The lowest BCUT2D eigenvalue weighted by Crippen LogP contribution is -2.25. The first-order valence-electron chi connectivity index (χ1n) is 7.44. The number of hydrogen-bond acceptors (Lipinski definition) is 3. The molecule has 0 saturated carbocycles. The van der Waals surface area contributed by atoms with Gasteiger partial charge in [0.15, 0.2) is 0 Å². The number of benzene rings is 2. The zero-order chi connectivity index (χ0) is 15.9. The average molecular weight is 323 g/mol. The number of nitrogens with one attached hydrogen (secondary N) is 1. The Bertz CT molecular complexity index is 754. The van der Waals surface area contributed by atoms with E-state index in [1.165, 1.54) is 5.56 Å². The van der Waals surface area contributed by atoms with Crippen LogP contribution in [0.2, 0.25) is 0 Å². The highest BCUT2D eigenvalue weighted by atomic mass is 32.1. The van der Waals surface area contributed by atoms with Crippen LogP contribution in [-0.4, -0.2) is 12.5 Å². The molecule has 3 aromatic rings. The molecule has 0 atom stereocenters. The van der Waals surface area contributed by atoms with Gasteiger partial charge in [-0.15, -0.1) is 0 Å². The molecule has 0 fully saturated rings. The molecule has 3 rings (SSSR count). The van der Waals surface area contributed by atoms with Crippen molar-refractivity contribution in [1.82, 2.24) is 5.32 Å². The van der Waals surface area contributed by atoms with Crippen LogP contribution in [0.4, 0.5) is 0 Å². The number of ether oxygens (including phenoxy) is 1. The molecule has 0 aliphatic rings. The molecule has 116 valence electrons. The van der Waals surface area contributed by atoms with Crippen LogP contribution >= 0.6 is 11.3 Å². The Hall–Kier alpha value is -2.59. The Morgan fingerprint density at radius 1 is 1.00 bits per heavy atom. The summed E-state index contributed by atoms with van der Waals surface area (Å²) in [6.45, 7) is 0.606. The molecule has 1 amide bonds. The van der Waals surface area contributed by atoms with Gasteiger partial charge in [0.05, 0.1) is 5.56 Å². The van der Waals surface area contributed by atoms with Crippen molar-refractivity contribution in [3.05, 3.63) is 82.6 Å². The number of carbonyl (C=O) groups is 1. The number of hydrogen-bond donors (Lipinski definition) is 1. The lowest BCUT2D eigenvalue weighted by atomic mass is 10.1. The van der Waals surface area contributed by atoms with Crippen LogP contribution in [0, 0.1) is 0 Å². The minimum atomic E-state index is -0.119. The van der Waals surface area contributed by atoms with E-state index in [1.807, 2.05) is 47.8 Å². The maximum atomic E-state index is 12.4. The van der Waals surface area contributed by atoms with Crippen molar-refractivity contribution in [1.29, 1.82) is 0 Å². The maximum Gasteiger partial charge on any atom is 0.255 e. The second-order valence-electron chi connectivity index (χ2n) is 5.05. The first kappa shape index (κ1) is 15.3. The van der Waals surface area contributed by atoms with Crippen LogP contribution in [-0.2, 0) is 6.42 Å². The Labute approximate surface area is 139 Å². The third kappa shape index (κ3) is 4.20. The second-order valence-corrected chi connectivity index (χ2v) is 5.83. The molecular formula is C19H17NO2S. The summed E-state index contributed by atoms with van der Waals surface area (Å²) in [6, 6.07) is 18.8. The topological polar surface area (TPSA) is 38.3 Å². The molecule has 1 heterocycles. The molecule has 1 aromatic heterocycles. The molecule has 0 unspecified atom stereocenters. The van der Waals surface area contributed by atoms with E-state index < -0.39 is 0 Å². The van der Waals surface area contributed by atoms with E-state index in [-0.39, 0.29) is 5.91 Å². The van der Waals surface area contributed by atoms with Gasteiger partial charge in [0.1, 0.15) is 11.5 Å². The van der Waals surface area contributed by atoms with Gasteiger partial charge in [0.25, 0.3) is 5.91 Å². The SMILES string of the molecule is O=C(NCCc1ccsc1)c1ccccc1Oc1ccccc1. The van der Waals surface area contributed by atoms with Crippen LogP contribution in [0.15, 0.2) is 71.4 Å². The van der Waals surface area contributed by atoms with Gasteiger partial charge >= 0.3 is 0 Å². The zero-order valence-corrected chi connectivity index (χ0v) is 13.4. The van der Waals surface area contributed by atoms with Crippen LogP contribution < -0.4 is 10.1 Å². The zero-order valence-electron chi connectivity index (χ0n) is 12.6. The highest BCUT2D eigenvalue weighted by Crippen LogP contribution is 2.24. The minimum Gasteiger partial charge on any atom is -0.457 e. The molecule has 1 N–H and O–H groups in total. The summed E-state index contributed by atoms with van der Waals surface area (Å²) in [7, 11) is 0. The predicted octanol–water partition coefficient (Wildman–Crippen LogP) is 4.51. The summed E-state index contributed by atoms with van der Waals surface area (Å²) in [4.78, 5) is 12.4. The monoisotopic (exact) mass is 323 g/mol. The molecule has 4 heteroatoms. The van der Waals surface area contributed by atoms with Gasteiger partial charge in [-0.1, -0.05) is 30.3 Å². The summed E-state index contributed by atoms with van der Waals surface area (Å²) in [5.74, 6) is 1.16. The molecule has 2 aromatic carbocycles. The van der Waals surface area contributed by atoms with Crippen molar-refractivity contribution in [2.24, 2.45) is 0 Å². The lowest BCUT2D eigenvalue weighted by Gasteiger charge is -2.11. The van der Waals surface area contributed by atoms with E-state index in [9.17, 15) is 4.79 Å². The fourth-order valence-electron chi connectivity index (χ4n) is 2.21. The Balaban J connectivity index is 1.65. The van der Waals surface area contributed by atoms with E-state index in [0.717, 1.165) is 6.42 Å². The van der Waals surface area contributed by atoms with Gasteiger partial charge in [-0.25, -0.2) is 0 Å². The predicted molar refractivity (Wildman–Crippen MR) is 93.3 cm³/mol. The fourth-order valence-corrected chi connectivity index (χ4v) is 2.91. The summed E-state index contributed by atoms with van der Waals surface area (Å²) >= 11 is 1.67. The van der Waals surface area contributed by atoms with Crippen LogP contribution in [0.3, 0.4) is 0 Å². The standard InChI is InChI=1S/C19H17NO2S/c21-19(20-12-10-15-11-13-23-14-15)17-8-4-5-9-18(17)22-16-6-2-1-3-7-16/h1-9,11,13-14H,10,12H2,(H,20,21). The summed E-state index contributed by atoms with van der Waals surface area (Å²) < 4.78 is 5.82. The van der Waals surface area contributed by atoms with Crippen LogP contribution in [0.1, 0.15) is 15.9 Å². The highest BCUT2D eigenvalue weighted by molar-refractivity contribution is 7.07. The average Bonchev–Trinajstić information content (AvgIpc) is 3.09. The number of rotatable bonds is 6. The fraction of sp³-hybridized carbons (Fsp3) is 0.105. The van der Waals surface area contributed by atoms with Crippen molar-refractivity contribution in [3.63, 3.8) is 0 Å². The quantitative estimate of drug-likeness (QED) is 0.724. The van der Waals surface area contributed by atoms with Gasteiger partial charge in [-0.05, 0) is 53.1 Å². The smallest absolute Gasteiger partial charge is 0.255 e. The van der Waals surface area contributed by atoms with Gasteiger partial charge < -0.3 is 10.1 Å². The molecule has 0 saturated heterocycles. The molecule has 0 radical (unpaired) electrons. The molecule has 3 nitrogen and oxygen atoms in total. The van der Waals surface area contributed by atoms with E-state index in [2.05, 4.69) is 16.8 Å². The van der Waals surface area contributed by atoms with Gasteiger partial charge in [0, 0.05) is 6.54 Å². The second kappa shape index (κ2) is 7.61. The van der Waals surface area contributed by atoms with E-state index in [0.29, 0.717) is 23.6 Å². The molecule has 23 heavy (non-hydrogen) atoms. The number of amides is 1. The number of carbonyl (C=O) groups excluding carboxylic acids is 1. The van der Waals surface area contributed by atoms with Crippen molar-refractivity contribution < 1.29 is 9.53 Å². The number of para-hydroxylation sites is 2. The molecule has 0 aliphatic carbocycles. The molecular weight excluding hydrogens is 306 g/mol. The first-order chi connectivity index (χ1) is 11.3. The summed E-state index contributed by atoms with van der Waals surface area (Å²) in [6.07, 6.45) is 0.830. The molecule has 0 aliphatic heterocycles. The summed E-state index contributed by atoms with van der Waals surface area (Å²) in [5, 5.41) is 7.09. The maximum absolute atomic E-state index is 12.4. The normalized spacial score (nSPS) is 10.3. The minimum absolute atomic E-state index is 0.119. The lowest BCUT2D eigenvalue weighted by molar-refractivity contribution is 0.0952. The third-order valence-electron chi connectivity index (χ3n) is 3.38. The van der Waals surface area contributed by atoms with Gasteiger partial charge in [-0.3, -0.25) is 4.79 Å². The van der Waals surface area contributed by atoms with E-state index in [4.69, 9.17) is 4.74 Å². The van der Waals surface area contributed by atoms with Crippen molar-refractivity contribution >= 4 is 17.2 Å². The first-order valence-corrected chi connectivity index (χ1v) is 8.38. The highest BCUT2D eigenvalue weighted by Gasteiger charge is 2.12. The Kier molecular flexibility index (Phi) is 5.06. The van der Waals surface area contributed by atoms with Gasteiger partial charge in [-0.2, -0.15) is 11.3 Å². The Morgan fingerprint density at radius 3 is 2.57 bits per heavy atom. The van der Waals surface area contributed by atoms with Gasteiger partial charge in [0.2, 0.25) is 0 Å². The van der Waals surface area contributed by atoms with E-state index >= 15 is 0 Å². The Morgan fingerprint density at radius 2 is 1.78 bits per heavy atom. The van der Waals surface area contributed by atoms with Crippen LogP contribution in [0.25, 0.3) is 0 Å². The van der Waals surface area contributed by atoms with Crippen molar-refractivity contribution in [3.8, 4) is 11.5 Å². The molecule has 0 spiro atoms. The third-order valence-corrected chi connectivity index (χ3v) is 4.11. The molecule has 0 bridgehead atoms.